The Morgan fingerprint density at radius 2 is 2.17 bits per heavy atom. The maximum absolute atomic E-state index is 13.1. The average Bonchev–Trinajstić information content (AvgIpc) is 3.01. The van der Waals surface area contributed by atoms with Gasteiger partial charge in [-0.1, -0.05) is 6.07 Å². The summed E-state index contributed by atoms with van der Waals surface area (Å²) >= 11 is 1.53. The number of nitrogens with one attached hydrogen (secondary N) is 1. The summed E-state index contributed by atoms with van der Waals surface area (Å²) < 4.78 is 29.7. The van der Waals surface area contributed by atoms with Crippen LogP contribution in [0.25, 0.3) is 0 Å². The molecule has 0 spiro atoms. The topological polar surface area (TPSA) is 67.2 Å². The fraction of sp³-hybridized carbons (Fsp3) is 0.400. The van der Waals surface area contributed by atoms with E-state index in [1.165, 1.54) is 11.8 Å². The molecule has 1 aromatic carbocycles. The maximum atomic E-state index is 13.1. The zero-order valence-electron chi connectivity index (χ0n) is 13.5. The molecule has 1 aliphatic heterocycles. The van der Waals surface area contributed by atoms with Crippen LogP contribution in [-0.4, -0.2) is 48.2 Å². The molecule has 1 aromatic heterocycles. The molecule has 0 bridgehead atoms. The van der Waals surface area contributed by atoms with Crippen molar-refractivity contribution in [3.8, 4) is 0 Å². The first kappa shape index (κ1) is 19.3. The number of rotatable bonds is 4. The Kier molecular flexibility index (Phi) is 6.33. The standard InChI is InChI=1S/C15H20N4O2S2.ClH/c1-18-8-7-17-15(18)14-11-16-6-9-19(14)23(20,21)13-5-3-4-12(10-13)22-2;/h3-5,7-8,10,14,16H,6,9,11H2,1-2H3;1H. The predicted molar refractivity (Wildman–Crippen MR) is 98.2 cm³/mol. The lowest BCUT2D eigenvalue weighted by molar-refractivity contribution is 0.258. The summed E-state index contributed by atoms with van der Waals surface area (Å²) in [5.41, 5.74) is 0. The highest BCUT2D eigenvalue weighted by atomic mass is 35.5. The van der Waals surface area contributed by atoms with E-state index >= 15 is 0 Å². The van der Waals surface area contributed by atoms with Gasteiger partial charge in [0.25, 0.3) is 0 Å². The minimum Gasteiger partial charge on any atom is -0.337 e. The van der Waals surface area contributed by atoms with Gasteiger partial charge in [0.15, 0.2) is 0 Å². The molecule has 2 aromatic rings. The summed E-state index contributed by atoms with van der Waals surface area (Å²) in [5.74, 6) is 0.752. The lowest BCUT2D eigenvalue weighted by atomic mass is 10.2. The molecule has 3 rings (SSSR count). The van der Waals surface area contributed by atoms with Gasteiger partial charge >= 0.3 is 0 Å². The molecule has 0 radical (unpaired) electrons. The van der Waals surface area contributed by atoms with Gasteiger partial charge < -0.3 is 9.88 Å². The Morgan fingerprint density at radius 1 is 1.38 bits per heavy atom. The predicted octanol–water partition coefficient (Wildman–Crippen LogP) is 1.90. The molecule has 6 nitrogen and oxygen atoms in total. The molecule has 132 valence electrons. The SMILES string of the molecule is CSc1cccc(S(=O)(=O)N2CCNCC2c2nccn2C)c1.Cl. The van der Waals surface area contributed by atoms with Gasteiger partial charge in [0.2, 0.25) is 10.0 Å². The number of imidazole rings is 1. The van der Waals surface area contributed by atoms with Crippen LogP contribution in [0.1, 0.15) is 11.9 Å². The fourth-order valence-electron chi connectivity index (χ4n) is 2.79. The molecule has 24 heavy (non-hydrogen) atoms. The van der Waals surface area contributed by atoms with Crippen LogP contribution in [0.15, 0.2) is 46.5 Å². The third-order valence-corrected chi connectivity index (χ3v) is 6.63. The van der Waals surface area contributed by atoms with Gasteiger partial charge in [-0.05, 0) is 24.5 Å². The van der Waals surface area contributed by atoms with Crippen LogP contribution in [0.3, 0.4) is 0 Å². The van der Waals surface area contributed by atoms with Crippen LogP contribution in [0.2, 0.25) is 0 Å². The highest BCUT2D eigenvalue weighted by Crippen LogP contribution is 2.29. The average molecular weight is 389 g/mol. The Labute approximate surface area is 153 Å². The van der Waals surface area contributed by atoms with Gasteiger partial charge in [-0.3, -0.25) is 0 Å². The minimum absolute atomic E-state index is 0. The molecule has 9 heteroatoms. The van der Waals surface area contributed by atoms with Crippen LogP contribution in [-0.2, 0) is 17.1 Å². The van der Waals surface area contributed by atoms with Gasteiger partial charge in [0, 0.05) is 44.0 Å². The minimum atomic E-state index is -3.56. The molecular formula is C15H21ClN4O2S2. The van der Waals surface area contributed by atoms with E-state index in [9.17, 15) is 8.42 Å². The molecule has 1 N–H and O–H groups in total. The summed E-state index contributed by atoms with van der Waals surface area (Å²) in [6.07, 6.45) is 5.47. The van der Waals surface area contributed by atoms with E-state index in [4.69, 9.17) is 0 Å². The van der Waals surface area contributed by atoms with Crippen molar-refractivity contribution in [1.82, 2.24) is 19.2 Å². The van der Waals surface area contributed by atoms with E-state index in [0.717, 1.165) is 10.7 Å². The van der Waals surface area contributed by atoms with E-state index in [0.29, 0.717) is 24.5 Å². The lowest BCUT2D eigenvalue weighted by Crippen LogP contribution is -2.49. The van der Waals surface area contributed by atoms with Crippen molar-refractivity contribution in [3.63, 3.8) is 0 Å². The molecule has 0 saturated carbocycles. The molecule has 1 unspecified atom stereocenters. The number of piperazine rings is 1. The van der Waals surface area contributed by atoms with Crippen molar-refractivity contribution in [2.45, 2.75) is 15.8 Å². The number of aromatic nitrogens is 2. The van der Waals surface area contributed by atoms with E-state index in [2.05, 4.69) is 10.3 Å². The van der Waals surface area contributed by atoms with Crippen molar-refractivity contribution in [2.75, 3.05) is 25.9 Å². The first-order valence-electron chi connectivity index (χ1n) is 7.38. The molecular weight excluding hydrogens is 368 g/mol. The van der Waals surface area contributed by atoms with Crippen LogP contribution in [0.4, 0.5) is 0 Å². The quantitative estimate of drug-likeness (QED) is 0.810. The van der Waals surface area contributed by atoms with Crippen molar-refractivity contribution in [3.05, 3.63) is 42.5 Å². The molecule has 1 fully saturated rings. The maximum Gasteiger partial charge on any atom is 0.243 e. The van der Waals surface area contributed by atoms with Crippen molar-refractivity contribution >= 4 is 34.2 Å². The van der Waals surface area contributed by atoms with Gasteiger partial charge in [0.05, 0.1) is 10.9 Å². The number of nitrogens with zero attached hydrogens (tertiary/aromatic N) is 3. The summed E-state index contributed by atoms with van der Waals surface area (Å²) in [6, 6.07) is 6.80. The van der Waals surface area contributed by atoms with Crippen LogP contribution in [0, 0.1) is 0 Å². The van der Waals surface area contributed by atoms with Gasteiger partial charge in [0.1, 0.15) is 5.82 Å². The number of sulfonamides is 1. The second-order valence-corrected chi connectivity index (χ2v) is 8.18. The Balaban J connectivity index is 0.00000208. The third-order valence-electron chi connectivity index (χ3n) is 4.00. The number of hydrogen-bond acceptors (Lipinski definition) is 5. The third kappa shape index (κ3) is 3.62. The van der Waals surface area contributed by atoms with Crippen molar-refractivity contribution in [2.24, 2.45) is 7.05 Å². The summed E-state index contributed by atoms with van der Waals surface area (Å²) in [7, 11) is -1.67. The van der Waals surface area contributed by atoms with E-state index in [1.54, 1.807) is 28.7 Å². The molecule has 0 aliphatic carbocycles. The van der Waals surface area contributed by atoms with E-state index in [1.807, 2.05) is 30.1 Å². The highest BCUT2D eigenvalue weighted by molar-refractivity contribution is 7.98. The normalized spacial score (nSPS) is 19.0. The Morgan fingerprint density at radius 3 is 2.83 bits per heavy atom. The second-order valence-electron chi connectivity index (χ2n) is 5.41. The Bertz CT molecular complexity index is 794. The molecule has 0 amide bonds. The number of benzene rings is 1. The van der Waals surface area contributed by atoms with E-state index < -0.39 is 10.0 Å². The summed E-state index contributed by atoms with van der Waals surface area (Å²) in [4.78, 5) is 5.62. The molecule has 1 saturated heterocycles. The zero-order chi connectivity index (χ0) is 16.4. The van der Waals surface area contributed by atoms with Crippen LogP contribution < -0.4 is 5.32 Å². The van der Waals surface area contributed by atoms with Crippen molar-refractivity contribution < 1.29 is 8.42 Å². The van der Waals surface area contributed by atoms with Gasteiger partial charge in [-0.2, -0.15) is 4.31 Å². The van der Waals surface area contributed by atoms with Crippen LogP contribution in [0.5, 0.6) is 0 Å². The summed E-state index contributed by atoms with van der Waals surface area (Å²) in [6.45, 7) is 1.64. The number of thioether (sulfide) groups is 1. The second kappa shape index (κ2) is 7.88. The lowest BCUT2D eigenvalue weighted by Gasteiger charge is -2.34. The number of halogens is 1. The molecule has 1 aliphatic rings. The summed E-state index contributed by atoms with van der Waals surface area (Å²) in [5, 5.41) is 3.26. The smallest absolute Gasteiger partial charge is 0.243 e. The number of aryl methyl sites for hydroxylation is 1. The first-order chi connectivity index (χ1) is 11.0. The molecule has 1 atom stereocenters. The van der Waals surface area contributed by atoms with Gasteiger partial charge in [-0.25, -0.2) is 13.4 Å². The Hall–Kier alpha value is -1.06. The highest BCUT2D eigenvalue weighted by Gasteiger charge is 2.36. The monoisotopic (exact) mass is 388 g/mol. The van der Waals surface area contributed by atoms with E-state index in [-0.39, 0.29) is 18.4 Å². The zero-order valence-corrected chi connectivity index (χ0v) is 16.0. The number of hydrogen-bond donors (Lipinski definition) is 1. The van der Waals surface area contributed by atoms with Crippen molar-refractivity contribution in [1.29, 1.82) is 0 Å². The fourth-order valence-corrected chi connectivity index (χ4v) is 4.96. The molecule has 2 heterocycles. The largest absolute Gasteiger partial charge is 0.337 e. The van der Waals surface area contributed by atoms with Gasteiger partial charge in [-0.15, -0.1) is 24.2 Å². The first-order valence-corrected chi connectivity index (χ1v) is 10.0. The van der Waals surface area contributed by atoms with Crippen LogP contribution >= 0.6 is 24.2 Å².